The molecule has 0 aliphatic carbocycles. The Morgan fingerprint density at radius 2 is 2.44 bits per heavy atom. The van der Waals surface area contributed by atoms with Crippen LogP contribution in [0, 0.1) is 0 Å². The van der Waals surface area contributed by atoms with Crippen LogP contribution in [0.25, 0.3) is 0 Å². The average Bonchev–Trinajstić information content (AvgIpc) is 2.63. The Hall–Kier alpha value is -1.17. The average molecular weight is 232 g/mol. The summed E-state index contributed by atoms with van der Waals surface area (Å²) >= 11 is 0. The molecule has 5 nitrogen and oxygen atoms in total. The van der Waals surface area contributed by atoms with Gasteiger partial charge in [0.05, 0.1) is 0 Å². The van der Waals surface area contributed by atoms with Gasteiger partial charge in [-0.2, -0.15) is 0 Å². The quantitative estimate of drug-likeness (QED) is 0.607. The summed E-state index contributed by atoms with van der Waals surface area (Å²) in [6.45, 7) is 1.86. The maximum Gasteiger partial charge on any atom is 0.326 e. The van der Waals surface area contributed by atoms with Crippen molar-refractivity contribution in [1.82, 2.24) is 10.2 Å². The minimum Gasteiger partial charge on any atom is -0.480 e. The van der Waals surface area contributed by atoms with E-state index in [4.69, 9.17) is 5.11 Å². The molecular weight excluding hydrogens is 215 g/mol. The normalized spacial score (nSPS) is 22.9. The molecule has 0 aromatic heterocycles. The molecule has 92 valence electrons. The van der Waals surface area contributed by atoms with Crippen molar-refractivity contribution in [3.8, 4) is 0 Å². The largest absolute Gasteiger partial charge is 0.480 e. The molecular formula is C10H17FN2O3. The number of carbonyl (C=O) groups is 2. The molecule has 1 amide bonds. The monoisotopic (exact) mass is 232 g/mol. The zero-order valence-corrected chi connectivity index (χ0v) is 9.06. The van der Waals surface area contributed by atoms with Crippen molar-refractivity contribution in [2.75, 3.05) is 19.6 Å². The second-order valence-corrected chi connectivity index (χ2v) is 4.00. The highest BCUT2D eigenvalue weighted by Crippen LogP contribution is 2.13. The molecule has 1 fully saturated rings. The molecule has 0 bridgehead atoms. The lowest BCUT2D eigenvalue weighted by Crippen LogP contribution is -2.36. The van der Waals surface area contributed by atoms with Crippen LogP contribution < -0.4 is 5.32 Å². The Labute approximate surface area is 93.6 Å². The number of rotatable bonds is 7. The van der Waals surface area contributed by atoms with Crippen LogP contribution in [0.5, 0.6) is 0 Å². The topological polar surface area (TPSA) is 69.6 Å². The number of halogens is 1. The van der Waals surface area contributed by atoms with Crippen molar-refractivity contribution in [3.63, 3.8) is 0 Å². The Bertz CT molecular complexity index is 250. The van der Waals surface area contributed by atoms with E-state index < -0.39 is 18.2 Å². The molecule has 1 rings (SSSR count). The van der Waals surface area contributed by atoms with Gasteiger partial charge in [0.2, 0.25) is 6.41 Å². The SMILES string of the molecule is O=CNC(CCCN1CC[C@H](F)C1)C(=O)O. The lowest BCUT2D eigenvalue weighted by atomic mass is 10.1. The first-order valence-corrected chi connectivity index (χ1v) is 5.42. The second kappa shape index (κ2) is 6.42. The maximum absolute atomic E-state index is 12.8. The van der Waals surface area contributed by atoms with Gasteiger partial charge in [0.1, 0.15) is 12.2 Å². The summed E-state index contributed by atoms with van der Waals surface area (Å²) in [4.78, 5) is 22.8. The van der Waals surface area contributed by atoms with Gasteiger partial charge < -0.3 is 15.3 Å². The zero-order chi connectivity index (χ0) is 12.0. The van der Waals surface area contributed by atoms with E-state index in [-0.39, 0.29) is 0 Å². The molecule has 0 radical (unpaired) electrons. The van der Waals surface area contributed by atoms with Crippen molar-refractivity contribution in [3.05, 3.63) is 0 Å². The van der Waals surface area contributed by atoms with E-state index >= 15 is 0 Å². The first-order chi connectivity index (χ1) is 7.63. The van der Waals surface area contributed by atoms with Gasteiger partial charge >= 0.3 is 5.97 Å². The number of likely N-dealkylation sites (tertiary alicyclic amines) is 1. The van der Waals surface area contributed by atoms with Crippen LogP contribution in [0.4, 0.5) is 4.39 Å². The molecule has 6 heteroatoms. The summed E-state index contributed by atoms with van der Waals surface area (Å²) in [6.07, 6.45) is 1.23. The van der Waals surface area contributed by atoms with Gasteiger partial charge in [-0.3, -0.25) is 4.79 Å². The number of amides is 1. The Morgan fingerprint density at radius 3 is 2.94 bits per heavy atom. The smallest absolute Gasteiger partial charge is 0.326 e. The van der Waals surface area contributed by atoms with Crippen LogP contribution in [0.2, 0.25) is 0 Å². The van der Waals surface area contributed by atoms with Gasteiger partial charge in [-0.15, -0.1) is 0 Å². The molecule has 1 aliphatic heterocycles. The van der Waals surface area contributed by atoms with Crippen LogP contribution in [-0.2, 0) is 9.59 Å². The number of nitrogens with one attached hydrogen (secondary N) is 1. The van der Waals surface area contributed by atoms with E-state index in [1.807, 2.05) is 4.90 Å². The minimum atomic E-state index is -1.03. The predicted molar refractivity (Wildman–Crippen MR) is 55.8 cm³/mol. The van der Waals surface area contributed by atoms with Gasteiger partial charge in [0, 0.05) is 13.1 Å². The third-order valence-electron chi connectivity index (χ3n) is 2.75. The van der Waals surface area contributed by atoms with E-state index in [0.717, 1.165) is 6.54 Å². The van der Waals surface area contributed by atoms with E-state index in [1.54, 1.807) is 0 Å². The summed E-state index contributed by atoms with van der Waals surface area (Å²) in [7, 11) is 0. The number of hydrogen-bond acceptors (Lipinski definition) is 3. The minimum absolute atomic E-state index is 0.377. The first-order valence-electron chi connectivity index (χ1n) is 5.42. The van der Waals surface area contributed by atoms with Crippen LogP contribution in [-0.4, -0.2) is 54.2 Å². The standard InChI is InChI=1S/C10H17FN2O3/c11-8-3-5-13(6-8)4-1-2-9(10(15)16)12-7-14/h7-9H,1-6H2,(H,12,14)(H,15,16)/t8-,9?/m0/s1. The van der Waals surface area contributed by atoms with Gasteiger partial charge in [-0.05, 0) is 25.8 Å². The summed E-state index contributed by atoms with van der Waals surface area (Å²) in [6, 6.07) is -0.832. The number of alkyl halides is 1. The molecule has 2 atom stereocenters. The molecule has 16 heavy (non-hydrogen) atoms. The van der Waals surface area contributed by atoms with Crippen molar-refractivity contribution in [1.29, 1.82) is 0 Å². The molecule has 0 aromatic carbocycles. The number of nitrogens with zero attached hydrogens (tertiary/aromatic N) is 1. The van der Waals surface area contributed by atoms with Crippen molar-refractivity contribution in [2.24, 2.45) is 0 Å². The summed E-state index contributed by atoms with van der Waals surface area (Å²) in [5.41, 5.74) is 0. The van der Waals surface area contributed by atoms with Gasteiger partial charge in [0.25, 0.3) is 0 Å². The highest BCUT2D eigenvalue weighted by molar-refractivity contribution is 5.76. The molecule has 1 heterocycles. The van der Waals surface area contributed by atoms with Crippen molar-refractivity contribution in [2.45, 2.75) is 31.5 Å². The molecule has 0 saturated carbocycles. The second-order valence-electron chi connectivity index (χ2n) is 4.00. The molecule has 0 spiro atoms. The third kappa shape index (κ3) is 4.14. The van der Waals surface area contributed by atoms with E-state index in [2.05, 4.69) is 5.32 Å². The number of carboxylic acids is 1. The summed E-state index contributed by atoms with van der Waals surface area (Å²) in [5, 5.41) is 11.0. The van der Waals surface area contributed by atoms with Crippen molar-refractivity contribution < 1.29 is 19.1 Å². The van der Waals surface area contributed by atoms with Gasteiger partial charge in [-0.25, -0.2) is 9.18 Å². The highest BCUT2D eigenvalue weighted by atomic mass is 19.1. The van der Waals surface area contributed by atoms with Gasteiger partial charge in [0.15, 0.2) is 0 Å². The Kier molecular flexibility index (Phi) is 5.18. The van der Waals surface area contributed by atoms with Crippen molar-refractivity contribution >= 4 is 12.4 Å². The van der Waals surface area contributed by atoms with Gasteiger partial charge in [-0.1, -0.05) is 0 Å². The predicted octanol–water partition coefficient (Wildman–Crippen LogP) is 0.00960. The summed E-state index contributed by atoms with van der Waals surface area (Å²) in [5.74, 6) is -1.03. The van der Waals surface area contributed by atoms with E-state index in [9.17, 15) is 14.0 Å². The lowest BCUT2D eigenvalue weighted by molar-refractivity contribution is -0.140. The fourth-order valence-corrected chi connectivity index (χ4v) is 1.87. The van der Waals surface area contributed by atoms with E-state index in [0.29, 0.717) is 38.8 Å². The molecule has 2 N–H and O–H groups in total. The number of hydrogen-bond donors (Lipinski definition) is 2. The van der Waals surface area contributed by atoms with Crippen LogP contribution in [0.3, 0.4) is 0 Å². The zero-order valence-electron chi connectivity index (χ0n) is 9.06. The first kappa shape index (κ1) is 12.9. The molecule has 1 saturated heterocycles. The van der Waals surface area contributed by atoms with Crippen LogP contribution in [0.1, 0.15) is 19.3 Å². The summed E-state index contributed by atoms with van der Waals surface area (Å²) < 4.78 is 12.8. The highest BCUT2D eigenvalue weighted by Gasteiger charge is 2.22. The third-order valence-corrected chi connectivity index (χ3v) is 2.75. The Morgan fingerprint density at radius 1 is 1.69 bits per heavy atom. The van der Waals surface area contributed by atoms with Crippen LogP contribution >= 0.6 is 0 Å². The number of carboxylic acid groups (broad SMARTS) is 1. The number of carbonyl (C=O) groups excluding carboxylic acids is 1. The molecule has 0 aromatic rings. The molecule has 1 aliphatic rings. The maximum atomic E-state index is 12.8. The fourth-order valence-electron chi connectivity index (χ4n) is 1.87. The Balaban J connectivity index is 2.17. The molecule has 1 unspecified atom stereocenters. The fraction of sp³-hybridized carbons (Fsp3) is 0.800. The lowest BCUT2D eigenvalue weighted by Gasteiger charge is -2.16. The number of aliphatic carboxylic acids is 1. The van der Waals surface area contributed by atoms with Crippen LogP contribution in [0.15, 0.2) is 0 Å². The van der Waals surface area contributed by atoms with E-state index in [1.165, 1.54) is 0 Å².